The van der Waals surface area contributed by atoms with Crippen LogP contribution < -0.4 is 10.2 Å². The van der Waals surface area contributed by atoms with Crippen LogP contribution in [0.15, 0.2) is 63.7 Å². The van der Waals surface area contributed by atoms with Crippen molar-refractivity contribution >= 4 is 40.0 Å². The highest BCUT2D eigenvalue weighted by Gasteiger charge is 2.35. The summed E-state index contributed by atoms with van der Waals surface area (Å²) in [5.74, 6) is -0.434. The minimum Gasteiger partial charge on any atom is -0.606 e. The molecule has 5 nitrogen and oxygen atoms in total. The van der Waals surface area contributed by atoms with Crippen molar-refractivity contribution < 1.29 is 14.1 Å². The Morgan fingerprint density at radius 1 is 1.17 bits per heavy atom. The largest absolute Gasteiger partial charge is 0.606 e. The van der Waals surface area contributed by atoms with Gasteiger partial charge in [0.2, 0.25) is 0 Å². The van der Waals surface area contributed by atoms with Crippen LogP contribution in [0, 0.1) is 6.92 Å². The highest BCUT2D eigenvalue weighted by atomic mass is 32.2. The Kier molecular flexibility index (Phi) is 5.45. The molecule has 7 heteroatoms. The van der Waals surface area contributed by atoms with E-state index in [4.69, 9.17) is 0 Å². The molecule has 2 heterocycles. The minimum atomic E-state index is -1.50. The Labute approximate surface area is 176 Å². The van der Waals surface area contributed by atoms with E-state index in [-0.39, 0.29) is 11.8 Å². The number of aryl methyl sites for hydroxylation is 1. The average Bonchev–Trinajstić information content (AvgIpc) is 3.13. The number of fused-ring (bicyclic) bond motifs is 2. The molecule has 1 atom stereocenters. The van der Waals surface area contributed by atoms with Crippen molar-refractivity contribution in [3.05, 3.63) is 75.5 Å². The van der Waals surface area contributed by atoms with E-state index in [0.717, 1.165) is 4.88 Å². The predicted molar refractivity (Wildman–Crippen MR) is 115 cm³/mol. The minimum absolute atomic E-state index is 0.207. The molecular formula is C22H20N2O3S2. The lowest BCUT2D eigenvalue weighted by Crippen LogP contribution is -2.31. The lowest BCUT2D eigenvalue weighted by molar-refractivity contribution is 0.0948. The third-order valence-corrected chi connectivity index (χ3v) is 7.35. The predicted octanol–water partition coefficient (Wildman–Crippen LogP) is 4.13. The monoisotopic (exact) mass is 424 g/mol. The highest BCUT2D eigenvalue weighted by Crippen LogP contribution is 2.37. The van der Waals surface area contributed by atoms with E-state index in [1.807, 2.05) is 25.3 Å². The average molecular weight is 425 g/mol. The third kappa shape index (κ3) is 3.69. The van der Waals surface area contributed by atoms with Gasteiger partial charge in [0.25, 0.3) is 11.8 Å². The van der Waals surface area contributed by atoms with E-state index in [1.165, 1.54) is 5.56 Å². The van der Waals surface area contributed by atoms with Crippen molar-refractivity contribution in [2.24, 2.45) is 0 Å². The lowest BCUT2D eigenvalue weighted by atomic mass is 10.1. The van der Waals surface area contributed by atoms with Gasteiger partial charge < -0.3 is 14.8 Å². The number of carbonyl (C=O) groups excluding carboxylic acids is 2. The van der Waals surface area contributed by atoms with Crippen LogP contribution in [-0.2, 0) is 17.7 Å². The zero-order valence-electron chi connectivity index (χ0n) is 16.1. The summed E-state index contributed by atoms with van der Waals surface area (Å²) >= 11 is 0.107. The van der Waals surface area contributed by atoms with Gasteiger partial charge in [-0.1, -0.05) is 12.1 Å². The number of hydrogen-bond donors (Lipinski definition) is 1. The highest BCUT2D eigenvalue weighted by molar-refractivity contribution is 7.91. The zero-order valence-corrected chi connectivity index (χ0v) is 17.7. The van der Waals surface area contributed by atoms with Gasteiger partial charge in [-0.2, -0.15) is 0 Å². The third-order valence-electron chi connectivity index (χ3n) is 4.80. The molecule has 2 amide bonds. The molecular weight excluding hydrogens is 404 g/mol. The number of carbonyl (C=O) groups is 2. The van der Waals surface area contributed by atoms with Crippen LogP contribution in [0.1, 0.15) is 38.1 Å². The molecule has 0 saturated carbocycles. The molecule has 0 bridgehead atoms. The van der Waals surface area contributed by atoms with Gasteiger partial charge in [0.1, 0.15) is 5.69 Å². The topological polar surface area (TPSA) is 72.5 Å². The summed E-state index contributed by atoms with van der Waals surface area (Å²) in [5, 5.41) is 4.96. The van der Waals surface area contributed by atoms with Gasteiger partial charge in [-0.3, -0.25) is 9.59 Å². The maximum Gasteiger partial charge on any atom is 0.263 e. The fourth-order valence-corrected chi connectivity index (χ4v) is 5.53. The zero-order chi connectivity index (χ0) is 20.5. The van der Waals surface area contributed by atoms with E-state index in [1.54, 1.807) is 58.7 Å². The Morgan fingerprint density at radius 3 is 2.69 bits per heavy atom. The molecule has 4 rings (SSSR count). The summed E-state index contributed by atoms with van der Waals surface area (Å²) in [5.41, 5.74) is 2.56. The molecule has 1 aromatic heterocycles. The molecule has 1 aliphatic heterocycles. The molecule has 0 spiro atoms. The molecule has 29 heavy (non-hydrogen) atoms. The number of amides is 2. The molecule has 1 aliphatic rings. The molecule has 0 radical (unpaired) electrons. The second-order valence-electron chi connectivity index (χ2n) is 6.77. The van der Waals surface area contributed by atoms with E-state index in [9.17, 15) is 14.1 Å². The van der Waals surface area contributed by atoms with Crippen LogP contribution in [0.25, 0.3) is 0 Å². The number of hydrogen-bond acceptors (Lipinski definition) is 4. The lowest BCUT2D eigenvalue weighted by Gasteiger charge is -2.20. The first-order valence-electron chi connectivity index (χ1n) is 9.28. The Hall–Kier alpha value is -2.61. The molecule has 3 aromatic rings. The van der Waals surface area contributed by atoms with E-state index >= 15 is 0 Å². The molecule has 148 valence electrons. The van der Waals surface area contributed by atoms with Gasteiger partial charge in [-0.05, 0) is 61.2 Å². The first kappa shape index (κ1) is 19.7. The number of rotatable bonds is 4. The van der Waals surface area contributed by atoms with E-state index in [2.05, 4.69) is 5.32 Å². The van der Waals surface area contributed by atoms with Crippen molar-refractivity contribution in [2.45, 2.75) is 30.2 Å². The van der Waals surface area contributed by atoms with Crippen LogP contribution in [0.4, 0.5) is 5.69 Å². The first-order chi connectivity index (χ1) is 14.0. The molecule has 2 aromatic carbocycles. The maximum atomic E-state index is 13.2. The van der Waals surface area contributed by atoms with Crippen LogP contribution >= 0.6 is 11.3 Å². The molecule has 1 N–H and O–H groups in total. The van der Waals surface area contributed by atoms with Crippen LogP contribution in [0.2, 0.25) is 0 Å². The summed E-state index contributed by atoms with van der Waals surface area (Å²) in [6.07, 6.45) is 0. The SMILES string of the molecule is CCN1C(=O)c2ccccc2[S+]([O-])c2ccc(C(=O)NCc3cc(C)cs3)cc21. The van der Waals surface area contributed by atoms with Gasteiger partial charge in [0.15, 0.2) is 9.79 Å². The van der Waals surface area contributed by atoms with Gasteiger partial charge in [0.05, 0.1) is 12.1 Å². The smallest absolute Gasteiger partial charge is 0.263 e. The summed E-state index contributed by atoms with van der Waals surface area (Å²) < 4.78 is 13.2. The quantitative estimate of drug-likeness (QED) is 0.640. The van der Waals surface area contributed by atoms with Gasteiger partial charge in [-0.25, -0.2) is 0 Å². The van der Waals surface area contributed by atoms with Crippen molar-refractivity contribution in [3.8, 4) is 0 Å². The van der Waals surface area contributed by atoms with Crippen molar-refractivity contribution in [1.82, 2.24) is 5.32 Å². The molecule has 0 saturated heterocycles. The van der Waals surface area contributed by atoms with Crippen LogP contribution in [-0.4, -0.2) is 22.9 Å². The Balaban J connectivity index is 1.67. The van der Waals surface area contributed by atoms with Gasteiger partial charge in [0, 0.05) is 28.2 Å². The summed E-state index contributed by atoms with van der Waals surface area (Å²) in [4.78, 5) is 29.4. The van der Waals surface area contributed by atoms with Gasteiger partial charge >= 0.3 is 0 Å². The first-order valence-corrected chi connectivity index (χ1v) is 11.3. The number of nitrogens with zero attached hydrogens (tertiary/aromatic N) is 1. The standard InChI is InChI=1S/C22H20N2O3S2/c1-3-24-18-11-15(21(25)23-12-16-10-14(2)13-28-16)8-9-20(18)29(27)19-7-5-4-6-17(19)22(24)26/h4-11,13H,3,12H2,1-2H3,(H,23,25). The summed E-state index contributed by atoms with van der Waals surface area (Å²) in [6.45, 7) is 4.74. The fourth-order valence-electron chi connectivity index (χ4n) is 3.37. The van der Waals surface area contributed by atoms with Crippen molar-refractivity contribution in [3.63, 3.8) is 0 Å². The Bertz CT molecular complexity index is 1090. The van der Waals surface area contributed by atoms with Crippen LogP contribution in [0.5, 0.6) is 0 Å². The number of anilines is 1. The van der Waals surface area contributed by atoms with E-state index in [0.29, 0.717) is 39.7 Å². The normalized spacial score (nSPS) is 15.5. The molecule has 1 unspecified atom stereocenters. The van der Waals surface area contributed by atoms with Crippen molar-refractivity contribution in [1.29, 1.82) is 0 Å². The molecule has 0 fully saturated rings. The fraction of sp³-hybridized carbons (Fsp3) is 0.182. The molecule has 0 aliphatic carbocycles. The maximum absolute atomic E-state index is 13.2. The van der Waals surface area contributed by atoms with Gasteiger partial charge in [-0.15, -0.1) is 11.3 Å². The van der Waals surface area contributed by atoms with E-state index < -0.39 is 11.2 Å². The Morgan fingerprint density at radius 2 is 1.97 bits per heavy atom. The second kappa shape index (κ2) is 8.02. The number of benzene rings is 2. The second-order valence-corrected chi connectivity index (χ2v) is 9.18. The number of thiophene rings is 1. The summed E-state index contributed by atoms with van der Waals surface area (Å²) in [7, 11) is 0. The van der Waals surface area contributed by atoms with Crippen LogP contribution in [0.3, 0.4) is 0 Å². The summed E-state index contributed by atoms with van der Waals surface area (Å²) in [6, 6.07) is 14.0. The number of nitrogens with one attached hydrogen (secondary N) is 1. The van der Waals surface area contributed by atoms with Crippen molar-refractivity contribution in [2.75, 3.05) is 11.4 Å².